The Kier molecular flexibility index (Phi) is 7.10. The lowest BCUT2D eigenvalue weighted by Gasteiger charge is -2.36. The highest BCUT2D eigenvalue weighted by atomic mass is 16.4. The van der Waals surface area contributed by atoms with Crippen molar-refractivity contribution in [3.8, 4) is 0 Å². The molecule has 0 aromatic heterocycles. The number of carboxylic acid groups (broad SMARTS) is 1. The summed E-state index contributed by atoms with van der Waals surface area (Å²) in [5.41, 5.74) is 6.05. The lowest BCUT2D eigenvalue weighted by atomic mass is 9.81. The van der Waals surface area contributed by atoms with Gasteiger partial charge in [-0.1, -0.05) is 40.7 Å². The zero-order chi connectivity index (χ0) is 17.0. The van der Waals surface area contributed by atoms with Crippen LogP contribution in [0.2, 0.25) is 0 Å². The lowest BCUT2D eigenvalue weighted by molar-refractivity contribution is -0.136. The molecule has 0 fully saturated rings. The largest absolute Gasteiger partial charge is 0.478 e. The van der Waals surface area contributed by atoms with Gasteiger partial charge in [-0.15, -0.1) is 0 Å². The number of hydrogen-bond acceptors (Lipinski definition) is 3. The number of hydrogen-bond donors (Lipinski definition) is 2. The van der Waals surface area contributed by atoms with Gasteiger partial charge in [0.15, 0.2) is 0 Å². The maximum Gasteiger partial charge on any atom is 0.331 e. The summed E-state index contributed by atoms with van der Waals surface area (Å²) in [4.78, 5) is 25.1. The van der Waals surface area contributed by atoms with E-state index in [1.807, 2.05) is 34.6 Å². The van der Waals surface area contributed by atoms with Crippen LogP contribution < -0.4 is 5.73 Å². The Morgan fingerprint density at radius 2 is 1.81 bits per heavy atom. The van der Waals surface area contributed by atoms with E-state index in [0.29, 0.717) is 0 Å². The molecule has 0 bridgehead atoms. The van der Waals surface area contributed by atoms with Crippen molar-refractivity contribution in [3.63, 3.8) is 0 Å². The molecule has 0 rings (SSSR count). The quantitative estimate of drug-likeness (QED) is 0.706. The van der Waals surface area contributed by atoms with Gasteiger partial charge in [-0.05, 0) is 24.7 Å². The van der Waals surface area contributed by atoms with Gasteiger partial charge in [-0.2, -0.15) is 0 Å². The van der Waals surface area contributed by atoms with Crippen LogP contribution in [0.1, 0.15) is 48.0 Å². The number of carboxylic acids is 1. The molecule has 2 atom stereocenters. The minimum atomic E-state index is -0.973. The van der Waals surface area contributed by atoms with Crippen LogP contribution in [-0.2, 0) is 9.59 Å². The van der Waals surface area contributed by atoms with Crippen LogP contribution in [0.3, 0.4) is 0 Å². The predicted octanol–water partition coefficient (Wildman–Crippen LogP) is 2.26. The van der Waals surface area contributed by atoms with E-state index in [1.165, 1.54) is 6.92 Å². The molecule has 0 aliphatic heterocycles. The molecule has 1 amide bonds. The number of carbonyl (C=O) groups excluding carboxylic acids is 1. The SMILES string of the molecule is CCC(C)(C)[C@H](N)C(=O)N(C)[C@H](C=C(C)C(=O)O)C(C)C. The van der Waals surface area contributed by atoms with Gasteiger partial charge in [-0.3, -0.25) is 4.79 Å². The average Bonchev–Trinajstić information content (AvgIpc) is 2.41. The zero-order valence-electron chi connectivity index (χ0n) is 14.3. The van der Waals surface area contributed by atoms with Gasteiger partial charge in [0.2, 0.25) is 5.91 Å². The van der Waals surface area contributed by atoms with Gasteiger partial charge in [0.1, 0.15) is 0 Å². The number of likely N-dealkylation sites (N-methyl/N-ethyl adjacent to an activating group) is 1. The molecule has 0 saturated carbocycles. The van der Waals surface area contributed by atoms with Crippen LogP contribution in [0.4, 0.5) is 0 Å². The molecule has 0 unspecified atom stereocenters. The molecule has 0 heterocycles. The number of rotatable bonds is 7. The monoisotopic (exact) mass is 298 g/mol. The molecule has 3 N–H and O–H groups in total. The number of amides is 1. The first-order valence-electron chi connectivity index (χ1n) is 7.39. The molecular weight excluding hydrogens is 268 g/mol. The Morgan fingerprint density at radius 3 is 2.14 bits per heavy atom. The minimum absolute atomic E-state index is 0.102. The van der Waals surface area contributed by atoms with Crippen LogP contribution in [-0.4, -0.2) is 41.0 Å². The summed E-state index contributed by atoms with van der Waals surface area (Å²) >= 11 is 0. The Hall–Kier alpha value is -1.36. The van der Waals surface area contributed by atoms with Gasteiger partial charge >= 0.3 is 5.97 Å². The Bertz CT molecular complexity index is 414. The van der Waals surface area contributed by atoms with E-state index in [-0.39, 0.29) is 28.9 Å². The first kappa shape index (κ1) is 19.6. The standard InChI is InChI=1S/C16H30N2O3/c1-8-16(5,6)13(17)14(19)18(7)12(10(2)3)9-11(4)15(20)21/h9-10,12-13H,8,17H2,1-7H3,(H,20,21)/t12-,13-/m1/s1. The smallest absolute Gasteiger partial charge is 0.331 e. The topological polar surface area (TPSA) is 83.6 Å². The summed E-state index contributed by atoms with van der Waals surface area (Å²) in [7, 11) is 1.68. The fraction of sp³-hybridized carbons (Fsp3) is 0.750. The van der Waals surface area contributed by atoms with Crippen LogP contribution in [0.15, 0.2) is 11.6 Å². The second-order valence-electron chi connectivity index (χ2n) is 6.66. The molecule has 0 radical (unpaired) electrons. The van der Waals surface area contributed by atoms with E-state index in [1.54, 1.807) is 18.0 Å². The normalized spacial score (nSPS) is 15.8. The van der Waals surface area contributed by atoms with E-state index in [9.17, 15) is 9.59 Å². The number of nitrogens with two attached hydrogens (primary N) is 1. The average molecular weight is 298 g/mol. The number of aliphatic carboxylic acids is 1. The van der Waals surface area contributed by atoms with Crippen molar-refractivity contribution in [1.82, 2.24) is 4.90 Å². The van der Waals surface area contributed by atoms with E-state index < -0.39 is 12.0 Å². The van der Waals surface area contributed by atoms with Crippen LogP contribution in [0.5, 0.6) is 0 Å². The lowest BCUT2D eigenvalue weighted by Crippen LogP contribution is -2.53. The summed E-state index contributed by atoms with van der Waals surface area (Å²) in [5.74, 6) is -1.03. The van der Waals surface area contributed by atoms with Crippen LogP contribution >= 0.6 is 0 Å². The highest BCUT2D eigenvalue weighted by Crippen LogP contribution is 2.26. The fourth-order valence-electron chi connectivity index (χ4n) is 2.00. The third-order valence-corrected chi connectivity index (χ3v) is 4.26. The maximum absolute atomic E-state index is 12.6. The maximum atomic E-state index is 12.6. The molecule has 0 aromatic carbocycles. The van der Waals surface area contributed by atoms with E-state index in [4.69, 9.17) is 10.8 Å². The van der Waals surface area contributed by atoms with Crippen molar-refractivity contribution in [2.45, 2.75) is 60.0 Å². The Balaban J connectivity index is 5.33. The molecule has 122 valence electrons. The summed E-state index contributed by atoms with van der Waals surface area (Å²) < 4.78 is 0. The first-order chi connectivity index (χ1) is 9.45. The molecule has 0 spiro atoms. The van der Waals surface area contributed by atoms with Crippen molar-refractivity contribution >= 4 is 11.9 Å². The summed E-state index contributed by atoms with van der Waals surface area (Å²) in [6, 6.07) is -0.889. The Morgan fingerprint density at radius 1 is 1.33 bits per heavy atom. The second kappa shape index (κ2) is 7.59. The van der Waals surface area contributed by atoms with Crippen LogP contribution in [0.25, 0.3) is 0 Å². The number of nitrogens with zero attached hydrogens (tertiary/aromatic N) is 1. The molecular formula is C16H30N2O3. The fourth-order valence-corrected chi connectivity index (χ4v) is 2.00. The van der Waals surface area contributed by atoms with Gasteiger partial charge < -0.3 is 15.7 Å². The highest BCUT2D eigenvalue weighted by Gasteiger charge is 2.34. The Labute approximate surface area is 128 Å². The molecule has 0 aliphatic carbocycles. The van der Waals surface area contributed by atoms with Crippen molar-refractivity contribution < 1.29 is 14.7 Å². The summed E-state index contributed by atoms with van der Waals surface area (Å²) in [5, 5.41) is 9.01. The van der Waals surface area contributed by atoms with Gasteiger partial charge in [-0.25, -0.2) is 4.79 Å². The van der Waals surface area contributed by atoms with Gasteiger partial charge in [0.05, 0.1) is 12.1 Å². The number of carbonyl (C=O) groups is 2. The van der Waals surface area contributed by atoms with Crippen molar-refractivity contribution in [2.24, 2.45) is 17.1 Å². The molecule has 5 heteroatoms. The molecule has 0 aromatic rings. The van der Waals surface area contributed by atoms with E-state index in [0.717, 1.165) is 6.42 Å². The second-order valence-corrected chi connectivity index (χ2v) is 6.66. The van der Waals surface area contributed by atoms with Crippen LogP contribution in [0, 0.1) is 11.3 Å². The minimum Gasteiger partial charge on any atom is -0.478 e. The molecule has 0 aliphatic rings. The molecule has 5 nitrogen and oxygen atoms in total. The molecule has 21 heavy (non-hydrogen) atoms. The van der Waals surface area contributed by atoms with Crippen molar-refractivity contribution in [2.75, 3.05) is 7.05 Å². The first-order valence-corrected chi connectivity index (χ1v) is 7.39. The predicted molar refractivity (Wildman–Crippen MR) is 84.8 cm³/mol. The zero-order valence-corrected chi connectivity index (χ0v) is 14.3. The van der Waals surface area contributed by atoms with Gasteiger partial charge in [0, 0.05) is 12.6 Å². The highest BCUT2D eigenvalue weighted by molar-refractivity contribution is 5.86. The summed E-state index contributed by atoms with van der Waals surface area (Å²) in [6.07, 6.45) is 2.42. The van der Waals surface area contributed by atoms with Crippen molar-refractivity contribution in [1.29, 1.82) is 0 Å². The van der Waals surface area contributed by atoms with Crippen molar-refractivity contribution in [3.05, 3.63) is 11.6 Å². The third kappa shape index (κ3) is 5.16. The molecule has 0 saturated heterocycles. The van der Waals surface area contributed by atoms with Gasteiger partial charge in [0.25, 0.3) is 0 Å². The van der Waals surface area contributed by atoms with E-state index in [2.05, 4.69) is 0 Å². The summed E-state index contributed by atoms with van der Waals surface area (Å²) in [6.45, 7) is 11.4. The van der Waals surface area contributed by atoms with E-state index >= 15 is 0 Å². The third-order valence-electron chi connectivity index (χ3n) is 4.26.